The summed E-state index contributed by atoms with van der Waals surface area (Å²) in [4.78, 5) is 13.8. The topological polar surface area (TPSA) is 58.4 Å². The number of hydrogen-bond acceptors (Lipinski definition) is 3. The number of rotatable bonds is 2. The van der Waals surface area contributed by atoms with Crippen LogP contribution in [0.3, 0.4) is 0 Å². The highest BCUT2D eigenvalue weighted by molar-refractivity contribution is 5.82. The van der Waals surface area contributed by atoms with E-state index < -0.39 is 0 Å². The van der Waals surface area contributed by atoms with E-state index in [0.29, 0.717) is 0 Å². The SMILES string of the molecule is CC1C(=O)NCCN1C(C)c1ccc(N)cc1. The zero-order chi connectivity index (χ0) is 12.4. The van der Waals surface area contributed by atoms with Gasteiger partial charge < -0.3 is 11.1 Å². The average molecular weight is 233 g/mol. The molecule has 2 unspecified atom stereocenters. The van der Waals surface area contributed by atoms with E-state index in [1.165, 1.54) is 5.56 Å². The molecule has 17 heavy (non-hydrogen) atoms. The molecule has 0 radical (unpaired) electrons. The Kier molecular flexibility index (Phi) is 3.33. The number of nitrogens with one attached hydrogen (secondary N) is 1. The van der Waals surface area contributed by atoms with E-state index in [2.05, 4.69) is 17.1 Å². The number of hydrogen-bond donors (Lipinski definition) is 2. The van der Waals surface area contributed by atoms with E-state index in [4.69, 9.17) is 5.73 Å². The monoisotopic (exact) mass is 233 g/mol. The highest BCUT2D eigenvalue weighted by Gasteiger charge is 2.29. The molecule has 0 saturated carbocycles. The van der Waals surface area contributed by atoms with Crippen molar-refractivity contribution in [2.24, 2.45) is 0 Å². The minimum atomic E-state index is -0.0729. The second-order valence-corrected chi connectivity index (χ2v) is 4.55. The van der Waals surface area contributed by atoms with Gasteiger partial charge in [0.25, 0.3) is 0 Å². The molecular weight excluding hydrogens is 214 g/mol. The van der Waals surface area contributed by atoms with Gasteiger partial charge in [-0.3, -0.25) is 9.69 Å². The van der Waals surface area contributed by atoms with E-state index in [0.717, 1.165) is 18.8 Å². The molecule has 0 bridgehead atoms. The maximum Gasteiger partial charge on any atom is 0.237 e. The third kappa shape index (κ3) is 2.42. The molecule has 1 saturated heterocycles. The Morgan fingerprint density at radius 1 is 1.41 bits per heavy atom. The summed E-state index contributed by atoms with van der Waals surface area (Å²) in [6.07, 6.45) is 0. The maximum atomic E-state index is 11.6. The van der Waals surface area contributed by atoms with Crippen molar-refractivity contribution in [3.8, 4) is 0 Å². The molecule has 2 atom stereocenters. The van der Waals surface area contributed by atoms with Crippen LogP contribution in [-0.2, 0) is 4.79 Å². The first-order valence-corrected chi connectivity index (χ1v) is 5.98. The number of nitrogens with two attached hydrogens (primary N) is 1. The lowest BCUT2D eigenvalue weighted by Crippen LogP contribution is -2.54. The summed E-state index contributed by atoms with van der Waals surface area (Å²) in [5.41, 5.74) is 7.64. The molecule has 1 aromatic carbocycles. The van der Waals surface area contributed by atoms with E-state index in [9.17, 15) is 4.79 Å². The van der Waals surface area contributed by atoms with Crippen LogP contribution in [0.4, 0.5) is 5.69 Å². The third-order valence-electron chi connectivity index (χ3n) is 3.46. The fourth-order valence-electron chi connectivity index (χ4n) is 2.30. The third-order valence-corrected chi connectivity index (χ3v) is 3.46. The summed E-state index contributed by atoms with van der Waals surface area (Å²) >= 11 is 0. The second-order valence-electron chi connectivity index (χ2n) is 4.55. The first kappa shape index (κ1) is 11.9. The largest absolute Gasteiger partial charge is 0.399 e. The maximum absolute atomic E-state index is 11.6. The molecule has 0 aliphatic carbocycles. The molecule has 4 nitrogen and oxygen atoms in total. The number of carbonyl (C=O) groups excluding carboxylic acids is 1. The van der Waals surface area contributed by atoms with Crippen LogP contribution < -0.4 is 11.1 Å². The fourth-order valence-corrected chi connectivity index (χ4v) is 2.30. The summed E-state index contributed by atoms with van der Waals surface area (Å²) in [6, 6.07) is 8.02. The van der Waals surface area contributed by atoms with Crippen LogP contribution in [-0.4, -0.2) is 29.9 Å². The molecule has 2 rings (SSSR count). The Hall–Kier alpha value is -1.55. The minimum Gasteiger partial charge on any atom is -0.399 e. The first-order chi connectivity index (χ1) is 8.09. The van der Waals surface area contributed by atoms with Crippen molar-refractivity contribution >= 4 is 11.6 Å². The number of nitrogens with zero attached hydrogens (tertiary/aromatic N) is 1. The van der Waals surface area contributed by atoms with Crippen LogP contribution in [0, 0.1) is 0 Å². The van der Waals surface area contributed by atoms with E-state index in [1.807, 2.05) is 31.2 Å². The molecule has 1 fully saturated rings. The molecule has 4 heteroatoms. The minimum absolute atomic E-state index is 0.0729. The van der Waals surface area contributed by atoms with Crippen molar-refractivity contribution in [2.75, 3.05) is 18.8 Å². The van der Waals surface area contributed by atoms with Crippen molar-refractivity contribution in [3.63, 3.8) is 0 Å². The van der Waals surface area contributed by atoms with Gasteiger partial charge >= 0.3 is 0 Å². The van der Waals surface area contributed by atoms with Crippen LogP contribution >= 0.6 is 0 Å². The Morgan fingerprint density at radius 2 is 2.06 bits per heavy atom. The standard InChI is InChI=1S/C13H19N3O/c1-9(11-3-5-12(14)6-4-11)16-8-7-15-13(17)10(16)2/h3-6,9-10H,7-8,14H2,1-2H3,(H,15,17). The van der Waals surface area contributed by atoms with Crippen molar-refractivity contribution in [1.29, 1.82) is 0 Å². The van der Waals surface area contributed by atoms with Crippen molar-refractivity contribution in [2.45, 2.75) is 25.9 Å². The number of nitrogen functional groups attached to an aromatic ring is 1. The van der Waals surface area contributed by atoms with Crippen LogP contribution in [0.5, 0.6) is 0 Å². The van der Waals surface area contributed by atoms with Crippen LogP contribution in [0.25, 0.3) is 0 Å². The molecule has 1 amide bonds. The molecule has 1 aromatic rings. The smallest absolute Gasteiger partial charge is 0.237 e. The quantitative estimate of drug-likeness (QED) is 0.753. The van der Waals surface area contributed by atoms with Crippen molar-refractivity contribution in [3.05, 3.63) is 29.8 Å². The Balaban J connectivity index is 2.16. The average Bonchev–Trinajstić information content (AvgIpc) is 2.33. The van der Waals surface area contributed by atoms with Gasteiger partial charge in [-0.25, -0.2) is 0 Å². The summed E-state index contributed by atoms with van der Waals surface area (Å²) in [5, 5.41) is 2.88. The van der Waals surface area contributed by atoms with E-state index in [1.54, 1.807) is 0 Å². The summed E-state index contributed by atoms with van der Waals surface area (Å²) in [6.45, 7) is 5.68. The van der Waals surface area contributed by atoms with Crippen molar-refractivity contribution < 1.29 is 4.79 Å². The normalized spacial score (nSPS) is 23.2. The van der Waals surface area contributed by atoms with Gasteiger partial charge in [0.2, 0.25) is 5.91 Å². The lowest BCUT2D eigenvalue weighted by Gasteiger charge is -2.37. The van der Waals surface area contributed by atoms with Gasteiger partial charge in [0.1, 0.15) is 0 Å². The first-order valence-electron chi connectivity index (χ1n) is 5.98. The number of anilines is 1. The molecule has 92 valence electrons. The predicted octanol–water partition coefficient (Wildman–Crippen LogP) is 1.15. The van der Waals surface area contributed by atoms with Crippen LogP contribution in [0.2, 0.25) is 0 Å². The molecule has 1 aliphatic rings. The van der Waals surface area contributed by atoms with Gasteiger partial charge in [0.15, 0.2) is 0 Å². The van der Waals surface area contributed by atoms with Crippen LogP contribution in [0.1, 0.15) is 25.5 Å². The molecule has 1 heterocycles. The Bertz CT molecular complexity index is 402. The fraction of sp³-hybridized carbons (Fsp3) is 0.462. The van der Waals surface area contributed by atoms with E-state index >= 15 is 0 Å². The van der Waals surface area contributed by atoms with Crippen LogP contribution in [0.15, 0.2) is 24.3 Å². The van der Waals surface area contributed by atoms with E-state index in [-0.39, 0.29) is 18.0 Å². The van der Waals surface area contributed by atoms with Gasteiger partial charge in [-0.15, -0.1) is 0 Å². The number of amides is 1. The number of benzene rings is 1. The van der Waals surface area contributed by atoms with Gasteiger partial charge in [-0.05, 0) is 31.5 Å². The molecule has 3 N–H and O–H groups in total. The lowest BCUT2D eigenvalue weighted by molar-refractivity contribution is -0.129. The lowest BCUT2D eigenvalue weighted by atomic mass is 10.0. The van der Waals surface area contributed by atoms with Crippen molar-refractivity contribution in [1.82, 2.24) is 10.2 Å². The highest BCUT2D eigenvalue weighted by atomic mass is 16.2. The zero-order valence-electron chi connectivity index (χ0n) is 10.3. The second kappa shape index (κ2) is 4.75. The number of piperazine rings is 1. The Labute approximate surface area is 102 Å². The van der Waals surface area contributed by atoms with Gasteiger partial charge in [-0.1, -0.05) is 12.1 Å². The molecule has 1 aliphatic heterocycles. The predicted molar refractivity (Wildman–Crippen MR) is 68.4 cm³/mol. The Morgan fingerprint density at radius 3 is 2.71 bits per heavy atom. The molecule has 0 spiro atoms. The zero-order valence-corrected chi connectivity index (χ0v) is 10.3. The molecular formula is C13H19N3O. The summed E-state index contributed by atoms with van der Waals surface area (Å²) < 4.78 is 0. The summed E-state index contributed by atoms with van der Waals surface area (Å²) in [5.74, 6) is 0.110. The summed E-state index contributed by atoms with van der Waals surface area (Å²) in [7, 11) is 0. The number of carbonyl (C=O) groups is 1. The van der Waals surface area contributed by atoms with Gasteiger partial charge in [0, 0.05) is 24.8 Å². The van der Waals surface area contributed by atoms with Gasteiger partial charge in [-0.2, -0.15) is 0 Å². The highest BCUT2D eigenvalue weighted by Crippen LogP contribution is 2.24. The molecule has 0 aromatic heterocycles. The van der Waals surface area contributed by atoms with Gasteiger partial charge in [0.05, 0.1) is 6.04 Å².